The molecule has 0 saturated heterocycles. The summed E-state index contributed by atoms with van der Waals surface area (Å²) in [6.45, 7) is 2.01. The summed E-state index contributed by atoms with van der Waals surface area (Å²) in [5.41, 5.74) is 4.71. The third kappa shape index (κ3) is 2.84. The molecule has 5 nitrogen and oxygen atoms in total. The number of hydroxylamine groups is 1. The van der Waals surface area contributed by atoms with Crippen molar-refractivity contribution in [2.75, 3.05) is 0 Å². The van der Waals surface area contributed by atoms with Crippen LogP contribution in [0, 0.1) is 6.92 Å². The summed E-state index contributed by atoms with van der Waals surface area (Å²) in [6, 6.07) is 15.0. The van der Waals surface area contributed by atoms with Gasteiger partial charge in [-0.3, -0.25) is 14.7 Å². The molecule has 1 atom stereocenters. The molecule has 2 N–H and O–H groups in total. The van der Waals surface area contributed by atoms with E-state index in [9.17, 15) is 4.79 Å². The highest BCUT2D eigenvalue weighted by Gasteiger charge is 2.22. The van der Waals surface area contributed by atoms with Crippen LogP contribution in [0.2, 0.25) is 0 Å². The fraction of sp³-hybridized carbons (Fsp3) is 0.176. The maximum atomic E-state index is 12.0. The van der Waals surface area contributed by atoms with Crippen LogP contribution in [0.1, 0.15) is 17.2 Å². The third-order valence-corrected chi connectivity index (χ3v) is 3.68. The van der Waals surface area contributed by atoms with E-state index in [1.807, 2.05) is 61.7 Å². The molecule has 1 amide bonds. The Hall–Kier alpha value is -2.66. The Bertz CT molecular complexity index is 796. The van der Waals surface area contributed by atoms with Gasteiger partial charge in [0.1, 0.15) is 6.04 Å². The van der Waals surface area contributed by atoms with E-state index in [2.05, 4.69) is 5.10 Å². The predicted molar refractivity (Wildman–Crippen MR) is 83.6 cm³/mol. The second-order valence-electron chi connectivity index (χ2n) is 5.35. The van der Waals surface area contributed by atoms with Crippen LogP contribution < -0.4 is 5.48 Å². The Labute approximate surface area is 128 Å². The van der Waals surface area contributed by atoms with Crippen molar-refractivity contribution in [2.45, 2.75) is 19.4 Å². The largest absolute Gasteiger partial charge is 0.289 e. The number of amides is 1. The Morgan fingerprint density at radius 2 is 2.05 bits per heavy atom. The summed E-state index contributed by atoms with van der Waals surface area (Å²) in [7, 11) is 0. The molecular formula is C17H17N3O2. The summed E-state index contributed by atoms with van der Waals surface area (Å²) < 4.78 is 1.61. The molecule has 0 fully saturated rings. The van der Waals surface area contributed by atoms with Crippen molar-refractivity contribution in [3.8, 4) is 0 Å². The van der Waals surface area contributed by atoms with Crippen molar-refractivity contribution < 1.29 is 10.0 Å². The van der Waals surface area contributed by atoms with Crippen molar-refractivity contribution in [1.82, 2.24) is 15.3 Å². The van der Waals surface area contributed by atoms with Gasteiger partial charge in [-0.15, -0.1) is 0 Å². The first kappa shape index (κ1) is 14.3. The normalized spacial score (nSPS) is 12.3. The molecule has 1 unspecified atom stereocenters. The van der Waals surface area contributed by atoms with Crippen LogP contribution in [-0.4, -0.2) is 20.9 Å². The summed E-state index contributed by atoms with van der Waals surface area (Å²) in [5, 5.41) is 14.5. The summed E-state index contributed by atoms with van der Waals surface area (Å²) in [4.78, 5) is 12.0. The lowest BCUT2D eigenvalue weighted by molar-refractivity contribution is -0.132. The Kier molecular flexibility index (Phi) is 3.89. The van der Waals surface area contributed by atoms with Crippen LogP contribution >= 0.6 is 0 Å². The Morgan fingerprint density at radius 1 is 1.27 bits per heavy atom. The second kappa shape index (κ2) is 5.99. The van der Waals surface area contributed by atoms with E-state index in [0.717, 1.165) is 22.0 Å². The zero-order chi connectivity index (χ0) is 15.5. The topological polar surface area (TPSA) is 67.2 Å². The number of hydrogen-bond acceptors (Lipinski definition) is 3. The zero-order valence-corrected chi connectivity index (χ0v) is 12.2. The quantitative estimate of drug-likeness (QED) is 0.574. The number of aryl methyl sites for hydroxylation is 1. The minimum absolute atomic E-state index is 0.459. The molecule has 0 saturated carbocycles. The first-order valence-corrected chi connectivity index (χ1v) is 7.11. The number of hydrogen-bond donors (Lipinski definition) is 2. The molecule has 1 aromatic heterocycles. The van der Waals surface area contributed by atoms with Gasteiger partial charge in [-0.2, -0.15) is 5.10 Å². The molecule has 0 spiro atoms. The number of carbonyl (C=O) groups excluding carboxylic acids is 1. The predicted octanol–water partition coefficient (Wildman–Crippen LogP) is 2.63. The summed E-state index contributed by atoms with van der Waals surface area (Å²) in [5.74, 6) is -0.478. The maximum absolute atomic E-state index is 12.0. The molecule has 0 bridgehead atoms. The van der Waals surface area contributed by atoms with Gasteiger partial charge in [-0.1, -0.05) is 42.0 Å². The van der Waals surface area contributed by atoms with Gasteiger partial charge in [-0.05, 0) is 24.6 Å². The van der Waals surface area contributed by atoms with Crippen LogP contribution in [-0.2, 0) is 11.2 Å². The molecule has 0 aliphatic carbocycles. The van der Waals surface area contributed by atoms with Gasteiger partial charge in [-0.25, -0.2) is 5.48 Å². The first-order chi connectivity index (χ1) is 10.7. The number of carbonyl (C=O) groups is 1. The number of aromatic nitrogens is 2. The van der Waals surface area contributed by atoms with Gasteiger partial charge < -0.3 is 0 Å². The van der Waals surface area contributed by atoms with E-state index in [-0.39, 0.29) is 0 Å². The van der Waals surface area contributed by atoms with Crippen LogP contribution in [0.5, 0.6) is 0 Å². The number of nitrogens with one attached hydrogen (secondary N) is 1. The molecule has 1 heterocycles. The van der Waals surface area contributed by atoms with Gasteiger partial charge in [0, 0.05) is 18.0 Å². The van der Waals surface area contributed by atoms with E-state index in [0.29, 0.717) is 6.42 Å². The highest BCUT2D eigenvalue weighted by Crippen LogP contribution is 2.20. The Balaban J connectivity index is 1.98. The molecule has 0 aliphatic heterocycles. The van der Waals surface area contributed by atoms with Crippen molar-refractivity contribution in [1.29, 1.82) is 0 Å². The molecule has 0 aliphatic rings. The first-order valence-electron chi connectivity index (χ1n) is 7.11. The molecule has 0 radical (unpaired) electrons. The smallest absolute Gasteiger partial charge is 0.268 e. The van der Waals surface area contributed by atoms with Crippen molar-refractivity contribution in [2.24, 2.45) is 0 Å². The van der Waals surface area contributed by atoms with E-state index >= 15 is 0 Å². The lowest BCUT2D eigenvalue weighted by Crippen LogP contribution is -2.32. The van der Waals surface area contributed by atoms with Crippen molar-refractivity contribution in [3.05, 3.63) is 65.9 Å². The Morgan fingerprint density at radius 3 is 2.77 bits per heavy atom. The fourth-order valence-electron chi connectivity index (χ4n) is 2.54. The molecule has 3 rings (SSSR count). The highest BCUT2D eigenvalue weighted by molar-refractivity contribution is 5.82. The van der Waals surface area contributed by atoms with Gasteiger partial charge in [0.2, 0.25) is 0 Å². The number of fused-ring (bicyclic) bond motifs is 1. The number of benzene rings is 2. The minimum Gasteiger partial charge on any atom is -0.289 e. The number of rotatable bonds is 4. The molecule has 22 heavy (non-hydrogen) atoms. The van der Waals surface area contributed by atoms with E-state index in [4.69, 9.17) is 5.21 Å². The minimum atomic E-state index is -0.597. The van der Waals surface area contributed by atoms with Crippen molar-refractivity contribution in [3.63, 3.8) is 0 Å². The maximum Gasteiger partial charge on any atom is 0.268 e. The molecule has 3 aromatic rings. The van der Waals surface area contributed by atoms with Crippen LogP contribution in [0.25, 0.3) is 10.9 Å². The highest BCUT2D eigenvalue weighted by atomic mass is 16.5. The van der Waals surface area contributed by atoms with Crippen LogP contribution in [0.3, 0.4) is 0 Å². The zero-order valence-electron chi connectivity index (χ0n) is 12.2. The average Bonchev–Trinajstić information content (AvgIpc) is 2.95. The van der Waals surface area contributed by atoms with Crippen LogP contribution in [0.4, 0.5) is 0 Å². The third-order valence-electron chi connectivity index (χ3n) is 3.68. The van der Waals surface area contributed by atoms with Crippen molar-refractivity contribution >= 4 is 16.8 Å². The average molecular weight is 295 g/mol. The molecule has 5 heteroatoms. The van der Waals surface area contributed by atoms with Gasteiger partial charge in [0.15, 0.2) is 0 Å². The number of nitrogens with zero attached hydrogens (tertiary/aromatic N) is 2. The van der Waals surface area contributed by atoms with Gasteiger partial charge in [0.25, 0.3) is 5.91 Å². The SMILES string of the molecule is Cc1ccc2nn(C(Cc3ccccc3)C(=O)NO)cc2c1. The van der Waals surface area contributed by atoms with Crippen LogP contribution in [0.15, 0.2) is 54.7 Å². The second-order valence-corrected chi connectivity index (χ2v) is 5.35. The monoisotopic (exact) mass is 295 g/mol. The van der Waals surface area contributed by atoms with E-state index < -0.39 is 11.9 Å². The standard InChI is InChI=1S/C17H17N3O2/c1-12-7-8-15-14(9-12)11-20(18-15)16(17(21)19-22)10-13-5-3-2-4-6-13/h2-9,11,16,22H,10H2,1H3,(H,19,21). The van der Waals surface area contributed by atoms with Gasteiger partial charge in [0.05, 0.1) is 5.52 Å². The lowest BCUT2D eigenvalue weighted by Gasteiger charge is -2.15. The molecule has 2 aromatic carbocycles. The molecular weight excluding hydrogens is 278 g/mol. The van der Waals surface area contributed by atoms with Gasteiger partial charge >= 0.3 is 0 Å². The lowest BCUT2D eigenvalue weighted by atomic mass is 10.1. The molecule has 112 valence electrons. The summed E-state index contributed by atoms with van der Waals surface area (Å²) >= 11 is 0. The van der Waals surface area contributed by atoms with E-state index in [1.54, 1.807) is 10.2 Å². The summed E-state index contributed by atoms with van der Waals surface area (Å²) in [6.07, 6.45) is 2.30. The fourth-order valence-corrected chi connectivity index (χ4v) is 2.54. The van der Waals surface area contributed by atoms with E-state index in [1.165, 1.54) is 0 Å².